The molecular formula is C28H33FN4O3. The number of nitrogens with one attached hydrogen (secondary N) is 1. The molecule has 5 rings (SSSR count). The number of amides is 1. The van der Waals surface area contributed by atoms with Gasteiger partial charge in [0.1, 0.15) is 11.6 Å². The van der Waals surface area contributed by atoms with Crippen LogP contribution in [0.1, 0.15) is 42.7 Å². The van der Waals surface area contributed by atoms with Gasteiger partial charge >= 0.3 is 0 Å². The summed E-state index contributed by atoms with van der Waals surface area (Å²) < 4.78 is 26.5. The molecule has 2 bridgehead atoms. The number of hydrogen-bond acceptors (Lipinski definition) is 5. The molecule has 1 amide bonds. The maximum Gasteiger partial charge on any atom is 0.272 e. The summed E-state index contributed by atoms with van der Waals surface area (Å²) in [6, 6.07) is 12.8. The number of benzene rings is 2. The molecule has 36 heavy (non-hydrogen) atoms. The monoisotopic (exact) mass is 492 g/mol. The number of aromatic nitrogens is 2. The van der Waals surface area contributed by atoms with Crippen LogP contribution in [0, 0.1) is 5.82 Å². The van der Waals surface area contributed by atoms with E-state index in [0.29, 0.717) is 31.2 Å². The molecule has 3 aromatic rings. The van der Waals surface area contributed by atoms with E-state index in [0.717, 1.165) is 35.9 Å². The number of carbonyl (C=O) groups excluding carboxylic acids is 1. The van der Waals surface area contributed by atoms with Crippen LogP contribution in [0.25, 0.3) is 10.9 Å². The first kappa shape index (κ1) is 24.5. The van der Waals surface area contributed by atoms with Gasteiger partial charge in [-0.15, -0.1) is 0 Å². The Labute approximate surface area is 210 Å². The standard InChI is InChI=1S/C28H33FN4O3/c1-18(2)10-11-33-26-9-8-24(35-3)14-25(26)27(31-33)28(34)30-21-12-22-16-36-17-23(13-21)32(22)15-19-4-6-20(29)7-5-19/h4-10,14,21-23H,11-13,15-17H2,1-3H3,(H,30,34). The number of ether oxygens (including phenoxy) is 2. The van der Waals surface area contributed by atoms with Crippen LogP contribution in [0.4, 0.5) is 4.39 Å². The lowest BCUT2D eigenvalue weighted by molar-refractivity contribution is -0.0843. The van der Waals surface area contributed by atoms with Crippen LogP contribution in [-0.4, -0.2) is 59.0 Å². The van der Waals surface area contributed by atoms with E-state index in [9.17, 15) is 9.18 Å². The second-order valence-electron chi connectivity index (χ2n) is 9.98. The highest BCUT2D eigenvalue weighted by Gasteiger charge is 2.39. The van der Waals surface area contributed by atoms with Crippen LogP contribution < -0.4 is 10.1 Å². The van der Waals surface area contributed by atoms with Crippen molar-refractivity contribution in [2.45, 2.75) is 57.9 Å². The van der Waals surface area contributed by atoms with Gasteiger partial charge in [0.15, 0.2) is 5.69 Å². The molecule has 2 aliphatic heterocycles. The minimum Gasteiger partial charge on any atom is -0.497 e. The van der Waals surface area contributed by atoms with Crippen LogP contribution in [-0.2, 0) is 17.8 Å². The molecule has 1 aromatic heterocycles. The van der Waals surface area contributed by atoms with Crippen molar-refractivity contribution >= 4 is 16.8 Å². The van der Waals surface area contributed by atoms with Crippen LogP contribution in [0.15, 0.2) is 54.1 Å². The lowest BCUT2D eigenvalue weighted by atomic mass is 9.89. The molecule has 2 unspecified atom stereocenters. The highest BCUT2D eigenvalue weighted by Crippen LogP contribution is 2.30. The summed E-state index contributed by atoms with van der Waals surface area (Å²) in [6.45, 7) is 6.69. The Morgan fingerprint density at radius 2 is 1.89 bits per heavy atom. The lowest BCUT2D eigenvalue weighted by Gasteiger charge is -2.48. The number of fused-ring (bicyclic) bond motifs is 3. The number of halogens is 1. The Balaban J connectivity index is 1.33. The molecule has 0 radical (unpaired) electrons. The van der Waals surface area contributed by atoms with E-state index in [4.69, 9.17) is 14.6 Å². The van der Waals surface area contributed by atoms with Crippen molar-refractivity contribution in [2.75, 3.05) is 20.3 Å². The molecule has 2 saturated heterocycles. The predicted octanol–water partition coefficient (Wildman–Crippen LogP) is 4.31. The predicted molar refractivity (Wildman–Crippen MR) is 137 cm³/mol. The number of piperidine rings is 1. The van der Waals surface area contributed by atoms with E-state index in [1.165, 1.54) is 17.7 Å². The Morgan fingerprint density at radius 3 is 2.56 bits per heavy atom. The molecule has 190 valence electrons. The maximum atomic E-state index is 13.5. The molecule has 2 atom stereocenters. The summed E-state index contributed by atoms with van der Waals surface area (Å²) in [5.74, 6) is 0.302. The molecule has 2 fully saturated rings. The zero-order chi connectivity index (χ0) is 25.2. The molecular weight excluding hydrogens is 459 g/mol. The number of hydrogen-bond donors (Lipinski definition) is 1. The number of allylic oxidation sites excluding steroid dienone is 2. The average molecular weight is 493 g/mol. The molecule has 3 heterocycles. The zero-order valence-corrected chi connectivity index (χ0v) is 21.0. The van der Waals surface area contributed by atoms with Crippen molar-refractivity contribution in [3.63, 3.8) is 0 Å². The fourth-order valence-corrected chi connectivity index (χ4v) is 5.28. The second-order valence-corrected chi connectivity index (χ2v) is 9.98. The largest absolute Gasteiger partial charge is 0.497 e. The third kappa shape index (κ3) is 5.15. The van der Waals surface area contributed by atoms with Crippen molar-refractivity contribution in [3.05, 3.63) is 71.2 Å². The normalized spacial score (nSPS) is 21.8. The molecule has 8 heteroatoms. The molecule has 0 saturated carbocycles. The van der Waals surface area contributed by atoms with E-state index in [-0.39, 0.29) is 29.8 Å². The molecule has 7 nitrogen and oxygen atoms in total. The van der Waals surface area contributed by atoms with E-state index in [1.807, 2.05) is 48.9 Å². The first-order chi connectivity index (χ1) is 17.4. The SMILES string of the molecule is COc1ccc2c(c1)c(C(=O)NC1CC3COCC(C1)N3Cc1ccc(F)cc1)nn2CC=C(C)C. The third-order valence-corrected chi connectivity index (χ3v) is 7.13. The van der Waals surface area contributed by atoms with Crippen molar-refractivity contribution < 1.29 is 18.7 Å². The first-order valence-electron chi connectivity index (χ1n) is 12.5. The fourth-order valence-electron chi connectivity index (χ4n) is 5.28. The third-order valence-electron chi connectivity index (χ3n) is 7.13. The number of carbonyl (C=O) groups is 1. The van der Waals surface area contributed by atoms with Crippen molar-refractivity contribution in [2.24, 2.45) is 0 Å². The minimum atomic E-state index is -0.225. The Bertz CT molecular complexity index is 1250. The van der Waals surface area contributed by atoms with Gasteiger partial charge in [-0.2, -0.15) is 5.10 Å². The van der Waals surface area contributed by atoms with E-state index >= 15 is 0 Å². The van der Waals surface area contributed by atoms with Gasteiger partial charge in [0.05, 0.1) is 32.4 Å². The van der Waals surface area contributed by atoms with Crippen molar-refractivity contribution in [3.8, 4) is 5.75 Å². The Morgan fingerprint density at radius 1 is 1.17 bits per heavy atom. The van der Waals surface area contributed by atoms with Crippen LogP contribution in [0.2, 0.25) is 0 Å². The van der Waals surface area contributed by atoms with E-state index < -0.39 is 0 Å². The fraction of sp³-hybridized carbons (Fsp3) is 0.429. The number of rotatable bonds is 7. The topological polar surface area (TPSA) is 68.6 Å². The highest BCUT2D eigenvalue weighted by atomic mass is 19.1. The Kier molecular flexibility index (Phi) is 7.07. The average Bonchev–Trinajstić information content (AvgIpc) is 3.22. The van der Waals surface area contributed by atoms with Gasteiger partial charge in [-0.25, -0.2) is 4.39 Å². The number of methoxy groups -OCH3 is 1. The van der Waals surface area contributed by atoms with Crippen LogP contribution in [0.5, 0.6) is 5.75 Å². The summed E-state index contributed by atoms with van der Waals surface area (Å²) in [5, 5.41) is 8.74. The van der Waals surface area contributed by atoms with Gasteiger partial charge < -0.3 is 14.8 Å². The summed E-state index contributed by atoms with van der Waals surface area (Å²) in [5.41, 5.74) is 3.59. The quantitative estimate of drug-likeness (QED) is 0.498. The summed E-state index contributed by atoms with van der Waals surface area (Å²) in [6.07, 6.45) is 3.68. The van der Waals surface area contributed by atoms with Gasteiger partial charge in [-0.3, -0.25) is 14.4 Å². The van der Waals surface area contributed by atoms with Crippen LogP contribution >= 0.6 is 0 Å². The second kappa shape index (κ2) is 10.4. The molecule has 2 aliphatic rings. The molecule has 1 N–H and O–H groups in total. The lowest BCUT2D eigenvalue weighted by Crippen LogP contribution is -2.60. The summed E-state index contributed by atoms with van der Waals surface area (Å²) in [4.78, 5) is 15.9. The van der Waals surface area contributed by atoms with E-state index in [1.54, 1.807) is 7.11 Å². The van der Waals surface area contributed by atoms with Crippen molar-refractivity contribution in [1.29, 1.82) is 0 Å². The molecule has 0 aliphatic carbocycles. The number of morpholine rings is 1. The Hall–Kier alpha value is -3.23. The molecule has 0 spiro atoms. The maximum absolute atomic E-state index is 13.5. The van der Waals surface area contributed by atoms with Gasteiger partial charge in [0.2, 0.25) is 0 Å². The smallest absolute Gasteiger partial charge is 0.272 e. The highest BCUT2D eigenvalue weighted by molar-refractivity contribution is 6.05. The minimum absolute atomic E-state index is 0.0319. The van der Waals surface area contributed by atoms with Gasteiger partial charge in [0.25, 0.3) is 5.91 Å². The van der Waals surface area contributed by atoms with Gasteiger partial charge in [0, 0.05) is 30.1 Å². The van der Waals surface area contributed by atoms with Crippen molar-refractivity contribution in [1.82, 2.24) is 20.0 Å². The summed E-state index contributed by atoms with van der Waals surface area (Å²) in [7, 11) is 1.62. The molecule has 2 aromatic carbocycles. The first-order valence-corrected chi connectivity index (χ1v) is 12.5. The van der Waals surface area contributed by atoms with E-state index in [2.05, 4.69) is 16.3 Å². The zero-order valence-electron chi connectivity index (χ0n) is 21.0. The van der Waals surface area contributed by atoms with Gasteiger partial charge in [-0.1, -0.05) is 23.8 Å². The number of nitrogens with zero attached hydrogens (tertiary/aromatic N) is 3. The van der Waals surface area contributed by atoms with Crippen LogP contribution in [0.3, 0.4) is 0 Å². The van der Waals surface area contributed by atoms with Gasteiger partial charge in [-0.05, 0) is 62.6 Å². The summed E-state index contributed by atoms with van der Waals surface area (Å²) >= 11 is 0.